The van der Waals surface area contributed by atoms with Gasteiger partial charge in [0.2, 0.25) is 0 Å². The first-order valence-electron chi connectivity index (χ1n) is 5.01. The van der Waals surface area contributed by atoms with Crippen molar-refractivity contribution in [3.05, 3.63) is 28.5 Å². The van der Waals surface area contributed by atoms with Crippen LogP contribution in [0.5, 0.6) is 0 Å². The van der Waals surface area contributed by atoms with Gasteiger partial charge in [-0.25, -0.2) is 4.79 Å². The summed E-state index contributed by atoms with van der Waals surface area (Å²) in [6.07, 6.45) is 6.56. The quantitative estimate of drug-likeness (QED) is 0.676. The Kier molecular flexibility index (Phi) is 9.24. The summed E-state index contributed by atoms with van der Waals surface area (Å²) in [6.45, 7) is 2.17. The van der Waals surface area contributed by atoms with E-state index in [1.807, 2.05) is 0 Å². The van der Waals surface area contributed by atoms with Crippen LogP contribution in [0.15, 0.2) is 22.9 Å². The topological polar surface area (TPSA) is 50.2 Å². The van der Waals surface area contributed by atoms with E-state index < -0.39 is 5.97 Å². The molecular weight excluding hydrogens is 293 g/mol. The monoisotopic (exact) mass is 307 g/mol. The maximum atomic E-state index is 10.3. The van der Waals surface area contributed by atoms with E-state index in [4.69, 9.17) is 16.7 Å². The number of hydrogen-bond acceptors (Lipinski definition) is 2. The molecule has 0 amide bonds. The highest BCUT2D eigenvalue weighted by molar-refractivity contribution is 9.10. The van der Waals surface area contributed by atoms with Crippen molar-refractivity contribution in [3.8, 4) is 0 Å². The van der Waals surface area contributed by atoms with E-state index in [1.54, 1.807) is 0 Å². The summed E-state index contributed by atoms with van der Waals surface area (Å²) < 4.78 is 0.674. The van der Waals surface area contributed by atoms with Gasteiger partial charge in [-0.05, 0) is 28.4 Å². The van der Waals surface area contributed by atoms with Crippen molar-refractivity contribution in [2.45, 2.75) is 26.2 Å². The molecule has 0 aromatic carbocycles. The van der Waals surface area contributed by atoms with Gasteiger partial charge < -0.3 is 5.11 Å². The Morgan fingerprint density at radius 2 is 2.19 bits per heavy atom. The number of unbranched alkanes of at least 4 members (excludes halogenated alkanes) is 2. The van der Waals surface area contributed by atoms with Gasteiger partial charge in [0.15, 0.2) is 0 Å². The van der Waals surface area contributed by atoms with Crippen LogP contribution in [-0.4, -0.2) is 21.9 Å². The lowest BCUT2D eigenvalue weighted by atomic mass is 10.3. The molecule has 0 aliphatic rings. The highest BCUT2D eigenvalue weighted by Gasteiger charge is 2.01. The molecule has 0 fully saturated rings. The second-order valence-corrected chi connectivity index (χ2v) is 4.39. The lowest BCUT2D eigenvalue weighted by Gasteiger charge is -1.91. The van der Waals surface area contributed by atoms with E-state index in [0.717, 1.165) is 5.88 Å². The molecule has 90 valence electrons. The normalized spacial score (nSPS) is 9.19. The van der Waals surface area contributed by atoms with Crippen LogP contribution in [0.4, 0.5) is 0 Å². The van der Waals surface area contributed by atoms with E-state index in [0.29, 0.717) is 4.47 Å². The Morgan fingerprint density at radius 1 is 1.50 bits per heavy atom. The van der Waals surface area contributed by atoms with Gasteiger partial charge in [-0.15, -0.1) is 11.6 Å². The van der Waals surface area contributed by atoms with Crippen molar-refractivity contribution >= 4 is 33.5 Å². The number of halogens is 2. The second kappa shape index (κ2) is 9.60. The summed E-state index contributed by atoms with van der Waals surface area (Å²) in [7, 11) is 0. The van der Waals surface area contributed by atoms with Crippen molar-refractivity contribution in [2.75, 3.05) is 5.88 Å². The highest BCUT2D eigenvalue weighted by atomic mass is 79.9. The molecule has 0 aliphatic carbocycles. The van der Waals surface area contributed by atoms with Crippen LogP contribution in [0.2, 0.25) is 0 Å². The van der Waals surface area contributed by atoms with Gasteiger partial charge in [0, 0.05) is 22.7 Å². The summed E-state index contributed by atoms with van der Waals surface area (Å²) >= 11 is 8.48. The molecule has 0 radical (unpaired) electrons. The number of carbonyl (C=O) groups is 1. The van der Waals surface area contributed by atoms with E-state index in [9.17, 15) is 4.79 Å². The van der Waals surface area contributed by atoms with E-state index in [1.165, 1.54) is 37.7 Å². The van der Waals surface area contributed by atoms with Gasteiger partial charge in [0.1, 0.15) is 0 Å². The van der Waals surface area contributed by atoms with Crippen LogP contribution in [0.3, 0.4) is 0 Å². The van der Waals surface area contributed by atoms with Crippen molar-refractivity contribution < 1.29 is 9.90 Å². The number of rotatable bonds is 4. The smallest absolute Gasteiger partial charge is 0.337 e. The number of aromatic carboxylic acids is 1. The third-order valence-electron chi connectivity index (χ3n) is 1.69. The van der Waals surface area contributed by atoms with Gasteiger partial charge in [0.05, 0.1) is 5.56 Å². The first-order valence-corrected chi connectivity index (χ1v) is 6.34. The molecule has 16 heavy (non-hydrogen) atoms. The highest BCUT2D eigenvalue weighted by Crippen LogP contribution is 2.08. The van der Waals surface area contributed by atoms with E-state index in [2.05, 4.69) is 27.8 Å². The number of hydrogen-bond donors (Lipinski definition) is 1. The molecule has 0 saturated carbocycles. The molecule has 0 spiro atoms. The minimum Gasteiger partial charge on any atom is -0.478 e. The van der Waals surface area contributed by atoms with Gasteiger partial charge in [-0.3, -0.25) is 4.98 Å². The molecule has 0 aliphatic heterocycles. The van der Waals surface area contributed by atoms with Crippen LogP contribution >= 0.6 is 27.5 Å². The Labute approximate surface area is 109 Å². The Balaban J connectivity index is 0.000000325. The largest absolute Gasteiger partial charge is 0.478 e. The predicted octanol–water partition coefficient (Wildman–Crippen LogP) is 3.96. The fourth-order valence-electron chi connectivity index (χ4n) is 0.873. The molecule has 3 nitrogen and oxygen atoms in total. The molecule has 0 bridgehead atoms. The maximum Gasteiger partial charge on any atom is 0.337 e. The number of nitrogens with zero attached hydrogens (tertiary/aromatic N) is 1. The third-order valence-corrected chi connectivity index (χ3v) is 2.39. The minimum absolute atomic E-state index is 0.189. The summed E-state index contributed by atoms with van der Waals surface area (Å²) in [4.78, 5) is 14.0. The lowest BCUT2D eigenvalue weighted by molar-refractivity contribution is 0.0696. The second-order valence-electron chi connectivity index (χ2n) is 3.09. The first kappa shape index (κ1) is 15.4. The van der Waals surface area contributed by atoms with Gasteiger partial charge in [-0.1, -0.05) is 19.8 Å². The zero-order chi connectivity index (χ0) is 12.4. The molecule has 1 heterocycles. The summed E-state index contributed by atoms with van der Waals surface area (Å²) in [5.74, 6) is -0.137. The van der Waals surface area contributed by atoms with Crippen LogP contribution in [0.25, 0.3) is 0 Å². The fourth-order valence-corrected chi connectivity index (χ4v) is 1.43. The fraction of sp³-hybridized carbons (Fsp3) is 0.455. The van der Waals surface area contributed by atoms with Crippen LogP contribution < -0.4 is 0 Å². The van der Waals surface area contributed by atoms with Crippen LogP contribution in [0, 0.1) is 0 Å². The molecule has 5 heteroatoms. The molecule has 0 saturated heterocycles. The summed E-state index contributed by atoms with van der Waals surface area (Å²) in [5.41, 5.74) is 0.189. The SMILES string of the molecule is CCCCCCl.O=C(O)c1cncc(Br)c1. The molecule has 0 unspecified atom stereocenters. The maximum absolute atomic E-state index is 10.3. The first-order chi connectivity index (χ1) is 7.61. The lowest BCUT2D eigenvalue weighted by Crippen LogP contribution is -1.95. The van der Waals surface area contributed by atoms with Crippen molar-refractivity contribution in [3.63, 3.8) is 0 Å². The number of pyridine rings is 1. The molecule has 1 aromatic rings. The molecule has 1 N–H and O–H groups in total. The predicted molar refractivity (Wildman–Crippen MR) is 69.1 cm³/mol. The zero-order valence-electron chi connectivity index (χ0n) is 9.12. The molecule has 1 aromatic heterocycles. The molecule has 1 rings (SSSR count). The van der Waals surface area contributed by atoms with Gasteiger partial charge in [0.25, 0.3) is 0 Å². The zero-order valence-corrected chi connectivity index (χ0v) is 11.5. The Hall–Kier alpha value is -0.610. The average Bonchev–Trinajstić information content (AvgIpc) is 2.27. The van der Waals surface area contributed by atoms with Crippen molar-refractivity contribution in [2.24, 2.45) is 0 Å². The number of alkyl halides is 1. The number of aromatic nitrogens is 1. The van der Waals surface area contributed by atoms with Crippen LogP contribution in [0.1, 0.15) is 36.5 Å². The number of carboxylic acids is 1. The third kappa shape index (κ3) is 7.65. The average molecular weight is 309 g/mol. The molecule has 0 atom stereocenters. The minimum atomic E-state index is -0.964. The van der Waals surface area contributed by atoms with Crippen LogP contribution in [-0.2, 0) is 0 Å². The van der Waals surface area contributed by atoms with Crippen molar-refractivity contribution in [1.29, 1.82) is 0 Å². The van der Waals surface area contributed by atoms with Crippen molar-refractivity contribution in [1.82, 2.24) is 4.98 Å². The Morgan fingerprint density at radius 3 is 2.50 bits per heavy atom. The van der Waals surface area contributed by atoms with Gasteiger partial charge >= 0.3 is 5.97 Å². The summed E-state index contributed by atoms with van der Waals surface area (Å²) in [5, 5.41) is 8.45. The van der Waals surface area contributed by atoms with E-state index >= 15 is 0 Å². The molecular formula is C11H15BrClNO2. The summed E-state index contributed by atoms with van der Waals surface area (Å²) in [6, 6.07) is 1.50. The van der Waals surface area contributed by atoms with Gasteiger partial charge in [-0.2, -0.15) is 0 Å². The Bertz CT molecular complexity index is 317. The van der Waals surface area contributed by atoms with E-state index in [-0.39, 0.29) is 5.56 Å². The standard InChI is InChI=1S/C6H4BrNO2.C5H11Cl/c7-5-1-4(6(9)10)2-8-3-5;1-2-3-4-5-6/h1-3H,(H,9,10);2-5H2,1H3. The number of carboxylic acid groups (broad SMARTS) is 1.